The van der Waals surface area contributed by atoms with E-state index in [1.807, 2.05) is 25.2 Å². The molecular weight excluding hydrogens is 264 g/mol. The summed E-state index contributed by atoms with van der Waals surface area (Å²) in [5.41, 5.74) is 2.09. The zero-order chi connectivity index (χ0) is 14.9. The van der Waals surface area contributed by atoms with Crippen LogP contribution in [0.5, 0.6) is 17.2 Å². The summed E-state index contributed by atoms with van der Waals surface area (Å²) >= 11 is 0. The lowest BCUT2D eigenvalue weighted by Crippen LogP contribution is -2.24. The van der Waals surface area contributed by atoms with E-state index in [9.17, 15) is 0 Å². The van der Waals surface area contributed by atoms with Crippen LogP contribution in [0.2, 0.25) is 0 Å². The lowest BCUT2D eigenvalue weighted by Gasteiger charge is -2.18. The Morgan fingerprint density at radius 2 is 2.14 bits per heavy atom. The standard InChI is InChI=1S/C17H20N2O2/c1-17(2)9-12-5-4-6-14(16(12)21-17)20-15-11-19-8-7-13(15)10-18-3/h4-8,11,18H,9-10H2,1-3H3. The Morgan fingerprint density at radius 3 is 2.95 bits per heavy atom. The predicted octanol–water partition coefficient (Wildman–Crippen LogP) is 3.31. The Bertz CT molecular complexity index is 653. The first-order chi connectivity index (χ1) is 10.1. The van der Waals surface area contributed by atoms with Gasteiger partial charge >= 0.3 is 0 Å². The highest BCUT2D eigenvalue weighted by atomic mass is 16.5. The largest absolute Gasteiger partial charge is 0.483 e. The van der Waals surface area contributed by atoms with Crippen LogP contribution in [-0.4, -0.2) is 17.6 Å². The summed E-state index contributed by atoms with van der Waals surface area (Å²) in [7, 11) is 1.91. The average Bonchev–Trinajstić information content (AvgIpc) is 2.76. The van der Waals surface area contributed by atoms with Gasteiger partial charge in [-0.25, -0.2) is 0 Å². The summed E-state index contributed by atoms with van der Waals surface area (Å²) in [5.74, 6) is 2.36. The number of pyridine rings is 1. The van der Waals surface area contributed by atoms with E-state index in [-0.39, 0.29) is 5.60 Å². The fourth-order valence-corrected chi connectivity index (χ4v) is 2.62. The van der Waals surface area contributed by atoms with Crippen molar-refractivity contribution >= 4 is 0 Å². The van der Waals surface area contributed by atoms with Crippen molar-refractivity contribution < 1.29 is 9.47 Å². The third kappa shape index (κ3) is 2.85. The minimum atomic E-state index is -0.176. The Hall–Kier alpha value is -2.07. The molecule has 0 unspecified atom stereocenters. The van der Waals surface area contributed by atoms with Crippen LogP contribution in [0.3, 0.4) is 0 Å². The van der Waals surface area contributed by atoms with Gasteiger partial charge in [0.25, 0.3) is 0 Å². The monoisotopic (exact) mass is 284 g/mol. The third-order valence-electron chi connectivity index (χ3n) is 3.51. The number of nitrogens with one attached hydrogen (secondary N) is 1. The number of hydrogen-bond acceptors (Lipinski definition) is 4. The molecule has 21 heavy (non-hydrogen) atoms. The van der Waals surface area contributed by atoms with Gasteiger partial charge in [0, 0.05) is 30.3 Å². The lowest BCUT2D eigenvalue weighted by atomic mass is 10.0. The maximum Gasteiger partial charge on any atom is 0.169 e. The smallest absolute Gasteiger partial charge is 0.169 e. The van der Waals surface area contributed by atoms with Crippen LogP contribution >= 0.6 is 0 Å². The van der Waals surface area contributed by atoms with Crippen molar-refractivity contribution in [2.24, 2.45) is 0 Å². The second kappa shape index (κ2) is 5.37. The zero-order valence-electron chi connectivity index (χ0n) is 12.6. The second-order valence-electron chi connectivity index (χ2n) is 5.90. The van der Waals surface area contributed by atoms with Gasteiger partial charge in [-0.1, -0.05) is 12.1 Å². The number of benzene rings is 1. The molecule has 0 saturated carbocycles. The van der Waals surface area contributed by atoms with Crippen molar-refractivity contribution in [2.75, 3.05) is 7.05 Å². The number of fused-ring (bicyclic) bond motifs is 1. The highest BCUT2D eigenvalue weighted by Crippen LogP contribution is 2.43. The molecule has 0 atom stereocenters. The van der Waals surface area contributed by atoms with Gasteiger partial charge in [0.1, 0.15) is 11.4 Å². The molecule has 0 aliphatic carbocycles. The molecule has 0 saturated heterocycles. The third-order valence-corrected chi connectivity index (χ3v) is 3.51. The van der Waals surface area contributed by atoms with Gasteiger partial charge in [0.15, 0.2) is 11.5 Å². The lowest BCUT2D eigenvalue weighted by molar-refractivity contribution is 0.135. The minimum Gasteiger partial charge on any atom is -0.483 e. The van der Waals surface area contributed by atoms with E-state index >= 15 is 0 Å². The molecule has 1 aliphatic rings. The van der Waals surface area contributed by atoms with Crippen LogP contribution in [0.1, 0.15) is 25.0 Å². The quantitative estimate of drug-likeness (QED) is 0.935. The first-order valence-electron chi connectivity index (χ1n) is 7.15. The number of ether oxygens (including phenoxy) is 2. The molecule has 3 rings (SSSR count). The molecular formula is C17H20N2O2. The predicted molar refractivity (Wildman–Crippen MR) is 81.9 cm³/mol. The number of para-hydroxylation sites is 1. The summed E-state index contributed by atoms with van der Waals surface area (Å²) in [4.78, 5) is 4.15. The summed E-state index contributed by atoms with van der Waals surface area (Å²) in [5, 5.41) is 3.14. The number of aromatic nitrogens is 1. The summed E-state index contributed by atoms with van der Waals surface area (Å²) < 4.78 is 12.1. The molecule has 4 nitrogen and oxygen atoms in total. The molecule has 2 heterocycles. The zero-order valence-corrected chi connectivity index (χ0v) is 12.6. The summed E-state index contributed by atoms with van der Waals surface area (Å²) in [6, 6.07) is 8.00. The van der Waals surface area contributed by atoms with Gasteiger partial charge < -0.3 is 14.8 Å². The number of rotatable bonds is 4. The van der Waals surface area contributed by atoms with Crippen molar-refractivity contribution in [2.45, 2.75) is 32.4 Å². The molecule has 0 spiro atoms. The highest BCUT2D eigenvalue weighted by molar-refractivity contribution is 5.52. The van der Waals surface area contributed by atoms with Crippen LogP contribution < -0.4 is 14.8 Å². The van der Waals surface area contributed by atoms with Crippen molar-refractivity contribution in [1.82, 2.24) is 10.3 Å². The Kier molecular flexibility index (Phi) is 3.55. The number of hydrogen-bond donors (Lipinski definition) is 1. The van der Waals surface area contributed by atoms with Crippen molar-refractivity contribution in [3.8, 4) is 17.2 Å². The van der Waals surface area contributed by atoms with E-state index in [1.165, 1.54) is 5.56 Å². The van der Waals surface area contributed by atoms with Crippen LogP contribution in [-0.2, 0) is 13.0 Å². The molecule has 0 fully saturated rings. The molecule has 1 aliphatic heterocycles. The maximum atomic E-state index is 6.07. The summed E-state index contributed by atoms with van der Waals surface area (Å²) in [6.07, 6.45) is 4.41. The normalized spacial score (nSPS) is 15.4. The molecule has 0 radical (unpaired) electrons. The fourth-order valence-electron chi connectivity index (χ4n) is 2.62. The SMILES string of the molecule is CNCc1ccncc1Oc1cccc2c1OC(C)(C)C2. The van der Waals surface area contributed by atoms with Gasteiger partial charge in [0.2, 0.25) is 0 Å². The van der Waals surface area contributed by atoms with Crippen LogP contribution in [0.25, 0.3) is 0 Å². The van der Waals surface area contributed by atoms with Crippen molar-refractivity contribution in [1.29, 1.82) is 0 Å². The van der Waals surface area contributed by atoms with Crippen LogP contribution in [0.4, 0.5) is 0 Å². The van der Waals surface area contributed by atoms with Gasteiger partial charge in [-0.05, 0) is 33.0 Å². The van der Waals surface area contributed by atoms with Gasteiger partial charge in [-0.3, -0.25) is 4.98 Å². The van der Waals surface area contributed by atoms with Crippen molar-refractivity contribution in [3.05, 3.63) is 47.8 Å². The van der Waals surface area contributed by atoms with E-state index in [4.69, 9.17) is 9.47 Å². The van der Waals surface area contributed by atoms with Gasteiger partial charge in [0.05, 0.1) is 6.20 Å². The number of nitrogens with zero attached hydrogens (tertiary/aromatic N) is 1. The Morgan fingerprint density at radius 1 is 1.29 bits per heavy atom. The van der Waals surface area contributed by atoms with Gasteiger partial charge in [-0.2, -0.15) is 0 Å². The summed E-state index contributed by atoms with van der Waals surface area (Å²) in [6.45, 7) is 4.92. The molecule has 0 amide bonds. The topological polar surface area (TPSA) is 43.4 Å². The molecule has 0 bridgehead atoms. The van der Waals surface area contributed by atoms with E-state index in [0.717, 1.165) is 35.8 Å². The molecule has 1 aromatic heterocycles. The Balaban J connectivity index is 1.93. The van der Waals surface area contributed by atoms with Crippen LogP contribution in [0, 0.1) is 0 Å². The maximum absolute atomic E-state index is 6.07. The van der Waals surface area contributed by atoms with E-state index in [0.29, 0.717) is 0 Å². The molecule has 4 heteroatoms. The Labute approximate surface area is 125 Å². The fraction of sp³-hybridized carbons (Fsp3) is 0.353. The highest BCUT2D eigenvalue weighted by Gasteiger charge is 2.32. The first kappa shape index (κ1) is 13.9. The molecule has 1 N–H and O–H groups in total. The first-order valence-corrected chi connectivity index (χ1v) is 7.15. The molecule has 2 aromatic rings. The molecule has 110 valence electrons. The molecule has 1 aromatic carbocycles. The second-order valence-corrected chi connectivity index (χ2v) is 5.90. The van der Waals surface area contributed by atoms with Crippen molar-refractivity contribution in [3.63, 3.8) is 0 Å². The van der Waals surface area contributed by atoms with E-state index < -0.39 is 0 Å². The minimum absolute atomic E-state index is 0.176. The average molecular weight is 284 g/mol. The van der Waals surface area contributed by atoms with Gasteiger partial charge in [-0.15, -0.1) is 0 Å². The van der Waals surface area contributed by atoms with E-state index in [2.05, 4.69) is 30.2 Å². The van der Waals surface area contributed by atoms with E-state index in [1.54, 1.807) is 12.4 Å². The van der Waals surface area contributed by atoms with Crippen LogP contribution in [0.15, 0.2) is 36.7 Å².